The molecule has 3 rings (SSSR count). The van der Waals surface area contributed by atoms with E-state index < -0.39 is 0 Å². The summed E-state index contributed by atoms with van der Waals surface area (Å²) in [7, 11) is 1.85. The lowest BCUT2D eigenvalue weighted by Gasteiger charge is -2.22. The number of carbonyl (C=O) groups excluding carboxylic acids is 1. The molecule has 0 N–H and O–H groups in total. The van der Waals surface area contributed by atoms with Crippen molar-refractivity contribution < 1.29 is 4.79 Å². The minimum Gasteiger partial charge on any atom is -0.341 e. The van der Waals surface area contributed by atoms with Crippen molar-refractivity contribution in [2.45, 2.75) is 26.3 Å². The molecule has 1 heterocycles. The van der Waals surface area contributed by atoms with E-state index in [2.05, 4.69) is 18.0 Å². The Morgan fingerprint density at radius 3 is 2.58 bits per heavy atom. The Balaban J connectivity index is 1.73. The lowest BCUT2D eigenvalue weighted by Crippen LogP contribution is -2.30. The van der Waals surface area contributed by atoms with Crippen LogP contribution in [-0.4, -0.2) is 22.8 Å². The van der Waals surface area contributed by atoms with Gasteiger partial charge in [0.2, 0.25) is 5.91 Å². The van der Waals surface area contributed by atoms with Crippen LogP contribution in [0.2, 0.25) is 0 Å². The summed E-state index contributed by atoms with van der Waals surface area (Å²) in [6.45, 7) is 4.57. The molecule has 1 atom stereocenters. The second-order valence-electron chi connectivity index (χ2n) is 6.36. The fourth-order valence-electron chi connectivity index (χ4n) is 2.88. The van der Waals surface area contributed by atoms with Crippen LogP contribution in [0, 0.1) is 6.92 Å². The van der Waals surface area contributed by atoms with E-state index in [1.54, 1.807) is 4.90 Å². The summed E-state index contributed by atoms with van der Waals surface area (Å²) in [5, 5.41) is 1.10. The number of carbonyl (C=O) groups is 1. The normalized spacial score (nSPS) is 12.1. The summed E-state index contributed by atoms with van der Waals surface area (Å²) < 4.78 is 0. The molecule has 0 aliphatic rings. The van der Waals surface area contributed by atoms with Gasteiger partial charge in [0.25, 0.3) is 0 Å². The van der Waals surface area contributed by atoms with Crippen LogP contribution in [0.4, 0.5) is 0 Å². The Hall–Kier alpha value is -2.68. The largest absolute Gasteiger partial charge is 0.341 e. The molecule has 24 heavy (non-hydrogen) atoms. The van der Waals surface area contributed by atoms with Gasteiger partial charge >= 0.3 is 0 Å². The quantitative estimate of drug-likeness (QED) is 0.718. The van der Waals surface area contributed by atoms with Gasteiger partial charge in [0.15, 0.2) is 0 Å². The van der Waals surface area contributed by atoms with Crippen LogP contribution in [0.25, 0.3) is 10.9 Å². The smallest absolute Gasteiger partial charge is 0.229 e. The zero-order valence-electron chi connectivity index (χ0n) is 14.4. The number of nitrogens with zero attached hydrogens (tertiary/aromatic N) is 2. The lowest BCUT2D eigenvalue weighted by atomic mass is 9.98. The number of aryl methyl sites for hydroxylation is 1. The van der Waals surface area contributed by atoms with E-state index in [4.69, 9.17) is 0 Å². The van der Waals surface area contributed by atoms with Crippen LogP contribution in [0.1, 0.15) is 29.5 Å². The van der Waals surface area contributed by atoms with Gasteiger partial charge in [-0.25, -0.2) is 0 Å². The fourth-order valence-corrected chi connectivity index (χ4v) is 2.88. The van der Waals surface area contributed by atoms with Crippen LogP contribution in [-0.2, 0) is 11.3 Å². The summed E-state index contributed by atoms with van der Waals surface area (Å²) in [6.07, 6.45) is 1.85. The number of hydrogen-bond donors (Lipinski definition) is 0. The van der Waals surface area contributed by atoms with E-state index in [-0.39, 0.29) is 11.8 Å². The van der Waals surface area contributed by atoms with E-state index in [1.807, 2.05) is 68.7 Å². The van der Waals surface area contributed by atoms with E-state index in [0.29, 0.717) is 6.54 Å². The molecule has 122 valence electrons. The molecule has 0 aliphatic heterocycles. The third-order valence-electron chi connectivity index (χ3n) is 4.39. The molecule has 0 aliphatic carbocycles. The van der Waals surface area contributed by atoms with Gasteiger partial charge in [-0.05, 0) is 37.1 Å². The summed E-state index contributed by atoms with van der Waals surface area (Å²) in [5.41, 5.74) is 4.27. The first-order chi connectivity index (χ1) is 11.5. The highest BCUT2D eigenvalue weighted by Gasteiger charge is 2.19. The molecule has 0 fully saturated rings. The summed E-state index contributed by atoms with van der Waals surface area (Å²) in [5.74, 6) is -0.0315. The number of pyridine rings is 1. The first-order valence-corrected chi connectivity index (χ1v) is 8.20. The third kappa shape index (κ3) is 3.46. The molecule has 0 saturated carbocycles. The van der Waals surface area contributed by atoms with E-state index in [0.717, 1.165) is 22.0 Å². The second-order valence-corrected chi connectivity index (χ2v) is 6.36. The van der Waals surface area contributed by atoms with Gasteiger partial charge in [0, 0.05) is 25.2 Å². The molecule has 3 nitrogen and oxygen atoms in total. The number of para-hydroxylation sites is 1. The first kappa shape index (κ1) is 16.2. The number of hydrogen-bond acceptors (Lipinski definition) is 2. The molecular formula is C21H22N2O. The van der Waals surface area contributed by atoms with Crippen molar-refractivity contribution in [1.29, 1.82) is 0 Å². The number of likely N-dealkylation sites (N-methyl/N-ethyl adjacent to an activating group) is 1. The molecule has 3 heteroatoms. The van der Waals surface area contributed by atoms with Gasteiger partial charge in [-0.3, -0.25) is 9.78 Å². The standard InChI is InChI=1S/C21H22N2O/c1-15-8-10-18(11-9-15)16(2)21(24)23(3)14-17-12-19-6-4-5-7-20(19)22-13-17/h4-13,16H,14H2,1-3H3. The average Bonchev–Trinajstić information content (AvgIpc) is 2.61. The van der Waals surface area contributed by atoms with Gasteiger partial charge in [0.1, 0.15) is 0 Å². The molecule has 0 saturated heterocycles. The summed E-state index contributed by atoms with van der Waals surface area (Å²) in [4.78, 5) is 18.9. The maximum Gasteiger partial charge on any atom is 0.229 e. The van der Waals surface area contributed by atoms with Crippen molar-refractivity contribution in [3.8, 4) is 0 Å². The maximum atomic E-state index is 12.7. The minimum atomic E-state index is -0.149. The Morgan fingerprint density at radius 2 is 1.83 bits per heavy atom. The van der Waals surface area contributed by atoms with E-state index >= 15 is 0 Å². The molecule has 1 aromatic heterocycles. The van der Waals surface area contributed by atoms with Crippen LogP contribution in [0.5, 0.6) is 0 Å². The van der Waals surface area contributed by atoms with Gasteiger partial charge in [-0.15, -0.1) is 0 Å². The highest BCUT2D eigenvalue weighted by atomic mass is 16.2. The number of benzene rings is 2. The van der Waals surface area contributed by atoms with Crippen molar-refractivity contribution in [2.75, 3.05) is 7.05 Å². The van der Waals surface area contributed by atoms with Crippen molar-refractivity contribution >= 4 is 16.8 Å². The van der Waals surface area contributed by atoms with Crippen LogP contribution >= 0.6 is 0 Å². The highest BCUT2D eigenvalue weighted by Crippen LogP contribution is 2.20. The van der Waals surface area contributed by atoms with Crippen LogP contribution in [0.3, 0.4) is 0 Å². The monoisotopic (exact) mass is 318 g/mol. The van der Waals surface area contributed by atoms with Crippen molar-refractivity contribution in [2.24, 2.45) is 0 Å². The summed E-state index contributed by atoms with van der Waals surface area (Å²) in [6, 6.07) is 18.3. The second kappa shape index (κ2) is 6.83. The zero-order valence-corrected chi connectivity index (χ0v) is 14.4. The maximum absolute atomic E-state index is 12.7. The number of amides is 1. The molecule has 1 amide bonds. The molecule has 1 unspecified atom stereocenters. The van der Waals surface area contributed by atoms with Crippen LogP contribution < -0.4 is 0 Å². The molecule has 0 radical (unpaired) electrons. The Labute approximate surface area is 143 Å². The Bertz CT molecular complexity index is 855. The fraction of sp³-hybridized carbons (Fsp3) is 0.238. The number of rotatable bonds is 4. The topological polar surface area (TPSA) is 33.2 Å². The van der Waals surface area contributed by atoms with Crippen molar-refractivity contribution in [1.82, 2.24) is 9.88 Å². The summed E-state index contributed by atoms with van der Waals surface area (Å²) >= 11 is 0. The molecule has 0 spiro atoms. The predicted molar refractivity (Wildman–Crippen MR) is 97.8 cm³/mol. The van der Waals surface area contributed by atoms with Crippen molar-refractivity contribution in [3.63, 3.8) is 0 Å². The van der Waals surface area contributed by atoms with Crippen molar-refractivity contribution in [3.05, 3.63) is 77.5 Å². The van der Waals surface area contributed by atoms with Gasteiger partial charge < -0.3 is 4.90 Å². The van der Waals surface area contributed by atoms with E-state index in [9.17, 15) is 4.79 Å². The van der Waals surface area contributed by atoms with Gasteiger partial charge in [-0.1, -0.05) is 48.0 Å². The van der Waals surface area contributed by atoms with Crippen LogP contribution in [0.15, 0.2) is 60.8 Å². The Morgan fingerprint density at radius 1 is 1.12 bits per heavy atom. The number of fused-ring (bicyclic) bond motifs is 1. The zero-order chi connectivity index (χ0) is 17.1. The molecule has 2 aromatic carbocycles. The molecule has 0 bridgehead atoms. The van der Waals surface area contributed by atoms with Gasteiger partial charge in [-0.2, -0.15) is 0 Å². The number of aromatic nitrogens is 1. The third-order valence-corrected chi connectivity index (χ3v) is 4.39. The predicted octanol–water partition coefficient (Wildman–Crippen LogP) is 4.31. The first-order valence-electron chi connectivity index (χ1n) is 8.20. The average molecular weight is 318 g/mol. The molecular weight excluding hydrogens is 296 g/mol. The minimum absolute atomic E-state index is 0.118. The lowest BCUT2D eigenvalue weighted by molar-refractivity contribution is -0.131. The van der Waals surface area contributed by atoms with Gasteiger partial charge in [0.05, 0.1) is 11.4 Å². The molecule has 3 aromatic rings. The van der Waals surface area contributed by atoms with E-state index in [1.165, 1.54) is 5.56 Å². The Kier molecular flexibility index (Phi) is 4.61. The SMILES string of the molecule is Cc1ccc(C(C)C(=O)N(C)Cc2cnc3ccccc3c2)cc1. The highest BCUT2D eigenvalue weighted by molar-refractivity contribution is 5.83.